The maximum Gasteiger partial charge on any atom is 0.364 e. The molecule has 116 valence electrons. The molecule has 0 amide bonds. The van der Waals surface area contributed by atoms with Crippen molar-refractivity contribution < 1.29 is 17.9 Å². The molecule has 8 heteroatoms. The van der Waals surface area contributed by atoms with Gasteiger partial charge in [-0.25, -0.2) is 23.2 Å². The molecule has 0 radical (unpaired) electrons. The Kier molecular flexibility index (Phi) is 4.77. The number of aromatic nitrogens is 2. The highest BCUT2D eigenvalue weighted by Gasteiger charge is 2.22. The smallest absolute Gasteiger partial charge is 0.364 e. The van der Waals surface area contributed by atoms with Crippen LogP contribution in [0.15, 0.2) is 35.6 Å². The van der Waals surface area contributed by atoms with Gasteiger partial charge in [-0.05, 0) is 19.1 Å². The number of carbonyl (C=O) groups excluding carboxylic acids is 1. The van der Waals surface area contributed by atoms with Crippen LogP contribution in [-0.2, 0) is 9.84 Å². The molecule has 0 aliphatic heterocycles. The van der Waals surface area contributed by atoms with Gasteiger partial charge < -0.3 is 4.74 Å². The maximum atomic E-state index is 12.1. The molecule has 0 N–H and O–H groups in total. The summed E-state index contributed by atoms with van der Waals surface area (Å²) in [4.78, 5) is 19.5. The van der Waals surface area contributed by atoms with E-state index in [9.17, 15) is 13.2 Å². The average Bonchev–Trinajstić information content (AvgIpc) is 2.49. The van der Waals surface area contributed by atoms with Crippen molar-refractivity contribution in [2.24, 2.45) is 0 Å². The van der Waals surface area contributed by atoms with E-state index in [1.165, 1.54) is 6.92 Å². The number of esters is 1. The lowest BCUT2D eigenvalue weighted by Gasteiger charge is -2.07. The largest absolute Gasteiger partial charge is 0.422 e. The first-order valence-electron chi connectivity index (χ1n) is 6.37. The molecule has 0 atom stereocenters. The Balaban J connectivity index is 2.33. The van der Waals surface area contributed by atoms with Crippen LogP contribution in [0.2, 0.25) is 5.02 Å². The molecule has 0 bridgehead atoms. The zero-order valence-corrected chi connectivity index (χ0v) is 13.5. The van der Waals surface area contributed by atoms with Crippen molar-refractivity contribution in [1.82, 2.24) is 9.97 Å². The summed E-state index contributed by atoms with van der Waals surface area (Å²) in [5.74, 6) is -0.713. The number of aryl methyl sites for hydroxylation is 1. The standard InChI is InChI=1S/C14H13ClN2O4S/c1-3-22(19,20)14-16-8-11(15)12(17-14)13(18)21-10-6-4-9(2)5-7-10/h4-8H,3H2,1-2H3. The molecule has 1 aromatic carbocycles. The number of ether oxygens (including phenoxy) is 1. The van der Waals surface area contributed by atoms with Gasteiger partial charge in [0, 0.05) is 0 Å². The lowest BCUT2D eigenvalue weighted by Crippen LogP contribution is -2.16. The van der Waals surface area contributed by atoms with Crippen molar-refractivity contribution in [2.75, 3.05) is 5.75 Å². The van der Waals surface area contributed by atoms with Crippen molar-refractivity contribution in [2.45, 2.75) is 19.0 Å². The van der Waals surface area contributed by atoms with Crippen LogP contribution in [0.4, 0.5) is 0 Å². The summed E-state index contributed by atoms with van der Waals surface area (Å²) < 4.78 is 28.7. The van der Waals surface area contributed by atoms with Gasteiger partial charge in [0.2, 0.25) is 15.0 Å². The normalized spacial score (nSPS) is 11.2. The third-order valence-electron chi connectivity index (χ3n) is 2.81. The minimum atomic E-state index is -3.64. The van der Waals surface area contributed by atoms with E-state index >= 15 is 0 Å². The molecule has 0 saturated carbocycles. The van der Waals surface area contributed by atoms with Gasteiger partial charge >= 0.3 is 5.97 Å². The Bertz CT molecular complexity index is 804. The van der Waals surface area contributed by atoms with E-state index in [0.29, 0.717) is 5.75 Å². The summed E-state index contributed by atoms with van der Waals surface area (Å²) in [6, 6.07) is 6.78. The number of sulfone groups is 1. The summed E-state index contributed by atoms with van der Waals surface area (Å²) in [5.41, 5.74) is 0.723. The fourth-order valence-corrected chi connectivity index (χ4v) is 2.40. The number of halogens is 1. The van der Waals surface area contributed by atoms with Crippen LogP contribution < -0.4 is 4.74 Å². The van der Waals surface area contributed by atoms with Crippen LogP contribution in [0, 0.1) is 6.92 Å². The molecule has 0 fully saturated rings. The van der Waals surface area contributed by atoms with Gasteiger partial charge in [0.1, 0.15) is 5.75 Å². The molecule has 22 heavy (non-hydrogen) atoms. The monoisotopic (exact) mass is 340 g/mol. The molecular formula is C14H13ClN2O4S. The zero-order valence-electron chi connectivity index (χ0n) is 11.9. The summed E-state index contributed by atoms with van der Waals surface area (Å²) >= 11 is 5.86. The van der Waals surface area contributed by atoms with Gasteiger partial charge in [0.05, 0.1) is 17.0 Å². The van der Waals surface area contributed by atoms with Gasteiger partial charge in [0.15, 0.2) is 5.69 Å². The van der Waals surface area contributed by atoms with Crippen LogP contribution in [0.25, 0.3) is 0 Å². The van der Waals surface area contributed by atoms with Crippen LogP contribution >= 0.6 is 11.6 Å². The van der Waals surface area contributed by atoms with Gasteiger partial charge in [0.25, 0.3) is 0 Å². The number of hydrogen-bond acceptors (Lipinski definition) is 6. The summed E-state index contributed by atoms with van der Waals surface area (Å²) in [7, 11) is -3.64. The Morgan fingerprint density at radius 2 is 1.91 bits per heavy atom. The van der Waals surface area contributed by atoms with Crippen molar-refractivity contribution in [3.8, 4) is 5.75 Å². The number of rotatable bonds is 4. The van der Waals surface area contributed by atoms with E-state index in [4.69, 9.17) is 16.3 Å². The second-order valence-corrected chi connectivity index (χ2v) is 7.03. The van der Waals surface area contributed by atoms with E-state index < -0.39 is 21.0 Å². The van der Waals surface area contributed by atoms with Crippen LogP contribution in [0.1, 0.15) is 23.0 Å². The molecule has 1 aromatic heterocycles. The van der Waals surface area contributed by atoms with Crippen molar-refractivity contribution >= 4 is 27.4 Å². The molecule has 6 nitrogen and oxygen atoms in total. The molecule has 0 aliphatic rings. The van der Waals surface area contributed by atoms with E-state index in [0.717, 1.165) is 11.8 Å². The summed E-state index contributed by atoms with van der Waals surface area (Å²) in [6.45, 7) is 3.35. The second-order valence-electron chi connectivity index (χ2n) is 4.46. The molecule has 0 spiro atoms. The maximum absolute atomic E-state index is 12.1. The summed E-state index contributed by atoms with van der Waals surface area (Å²) in [6.07, 6.45) is 1.07. The summed E-state index contributed by atoms with van der Waals surface area (Å²) in [5, 5.41) is -0.526. The third-order valence-corrected chi connectivity index (χ3v) is 4.59. The average molecular weight is 341 g/mol. The number of hydrogen-bond donors (Lipinski definition) is 0. The quantitative estimate of drug-likeness (QED) is 0.482. The van der Waals surface area contributed by atoms with E-state index in [-0.39, 0.29) is 16.5 Å². The zero-order chi connectivity index (χ0) is 16.3. The van der Waals surface area contributed by atoms with Crippen molar-refractivity contribution in [1.29, 1.82) is 0 Å². The Morgan fingerprint density at radius 1 is 1.27 bits per heavy atom. The van der Waals surface area contributed by atoms with Crippen LogP contribution in [0.5, 0.6) is 5.75 Å². The highest BCUT2D eigenvalue weighted by molar-refractivity contribution is 7.91. The Morgan fingerprint density at radius 3 is 2.50 bits per heavy atom. The van der Waals surface area contributed by atoms with Gasteiger partial charge in [-0.1, -0.05) is 36.2 Å². The first-order chi connectivity index (χ1) is 10.3. The predicted octanol–water partition coefficient (Wildman–Crippen LogP) is 2.45. The SMILES string of the molecule is CCS(=O)(=O)c1ncc(Cl)c(C(=O)Oc2ccc(C)cc2)n1. The van der Waals surface area contributed by atoms with E-state index in [2.05, 4.69) is 9.97 Å². The first-order valence-corrected chi connectivity index (χ1v) is 8.40. The Hall–Kier alpha value is -1.99. The first kappa shape index (κ1) is 16.4. The predicted molar refractivity (Wildman–Crippen MR) is 80.9 cm³/mol. The molecule has 2 aromatic rings. The minimum Gasteiger partial charge on any atom is -0.422 e. The fourth-order valence-electron chi connectivity index (χ4n) is 1.53. The van der Waals surface area contributed by atoms with Crippen LogP contribution in [0.3, 0.4) is 0 Å². The number of nitrogens with zero attached hydrogens (tertiary/aromatic N) is 2. The fraction of sp³-hybridized carbons (Fsp3) is 0.214. The minimum absolute atomic E-state index is 0.0767. The van der Waals surface area contributed by atoms with Gasteiger partial charge in [-0.15, -0.1) is 0 Å². The van der Waals surface area contributed by atoms with E-state index in [1.54, 1.807) is 24.3 Å². The third kappa shape index (κ3) is 3.61. The van der Waals surface area contributed by atoms with Crippen molar-refractivity contribution in [3.05, 3.63) is 46.7 Å². The molecular weight excluding hydrogens is 328 g/mol. The lowest BCUT2D eigenvalue weighted by molar-refractivity contribution is 0.0727. The molecule has 2 rings (SSSR count). The molecule has 0 aliphatic carbocycles. The van der Waals surface area contributed by atoms with Crippen LogP contribution in [-0.4, -0.2) is 30.1 Å². The molecule has 1 heterocycles. The number of benzene rings is 1. The van der Waals surface area contributed by atoms with Gasteiger partial charge in [-0.3, -0.25) is 0 Å². The van der Waals surface area contributed by atoms with Gasteiger partial charge in [-0.2, -0.15) is 0 Å². The highest BCUT2D eigenvalue weighted by atomic mass is 35.5. The lowest BCUT2D eigenvalue weighted by atomic mass is 10.2. The Labute approximate surface area is 133 Å². The molecule has 0 saturated heterocycles. The highest BCUT2D eigenvalue weighted by Crippen LogP contribution is 2.18. The topological polar surface area (TPSA) is 86.2 Å². The number of carbonyl (C=O) groups is 1. The second kappa shape index (κ2) is 6.41. The van der Waals surface area contributed by atoms with Crippen molar-refractivity contribution in [3.63, 3.8) is 0 Å². The van der Waals surface area contributed by atoms with E-state index in [1.807, 2.05) is 6.92 Å². The molecule has 0 unspecified atom stereocenters.